The lowest BCUT2D eigenvalue weighted by atomic mass is 9.94. The molecule has 0 aliphatic heterocycles. The Morgan fingerprint density at radius 3 is 2.28 bits per heavy atom. The zero-order valence-electron chi connectivity index (χ0n) is 10.8. The molecule has 2 aromatic rings. The number of hydrogen-bond acceptors (Lipinski definition) is 1. The summed E-state index contributed by atoms with van der Waals surface area (Å²) in [6, 6.07) is 8.83. The summed E-state index contributed by atoms with van der Waals surface area (Å²) in [6.07, 6.45) is 0.551. The number of carbonyl (C=O) groups excluding carboxylic acids is 1. The number of benzene rings is 2. The zero-order valence-corrected chi connectivity index (χ0v) is 10.8. The number of aldehydes is 1. The molecule has 0 saturated heterocycles. The Balaban J connectivity index is 2.62. The summed E-state index contributed by atoms with van der Waals surface area (Å²) < 4.78 is 13.3. The lowest BCUT2D eigenvalue weighted by molar-refractivity contribution is 0.112. The highest BCUT2D eigenvalue weighted by atomic mass is 19.1. The third-order valence-corrected chi connectivity index (χ3v) is 3.27. The number of carbonyl (C=O) groups is 1. The van der Waals surface area contributed by atoms with Crippen LogP contribution in [0.15, 0.2) is 30.3 Å². The predicted molar refractivity (Wildman–Crippen MR) is 71.4 cm³/mol. The first-order chi connectivity index (χ1) is 8.52. The minimum atomic E-state index is -0.477. The van der Waals surface area contributed by atoms with Gasteiger partial charge in [0.25, 0.3) is 0 Å². The van der Waals surface area contributed by atoms with Crippen molar-refractivity contribution in [3.63, 3.8) is 0 Å². The van der Waals surface area contributed by atoms with Crippen LogP contribution in [0, 0.1) is 26.6 Å². The van der Waals surface area contributed by atoms with Crippen LogP contribution < -0.4 is 0 Å². The third-order valence-electron chi connectivity index (χ3n) is 3.27. The van der Waals surface area contributed by atoms with Gasteiger partial charge in [-0.1, -0.05) is 18.2 Å². The van der Waals surface area contributed by atoms with Gasteiger partial charge in [-0.15, -0.1) is 0 Å². The van der Waals surface area contributed by atoms with Crippen LogP contribution in [0.25, 0.3) is 11.1 Å². The van der Waals surface area contributed by atoms with Gasteiger partial charge >= 0.3 is 0 Å². The van der Waals surface area contributed by atoms with Crippen molar-refractivity contribution in [1.82, 2.24) is 0 Å². The van der Waals surface area contributed by atoms with E-state index in [1.54, 1.807) is 12.1 Å². The Hall–Kier alpha value is -1.96. The minimum absolute atomic E-state index is 0.102. The summed E-state index contributed by atoms with van der Waals surface area (Å²) in [6.45, 7) is 6.13. The molecule has 2 heteroatoms. The molecule has 0 N–H and O–H groups in total. The van der Waals surface area contributed by atoms with E-state index >= 15 is 0 Å². The minimum Gasteiger partial charge on any atom is -0.298 e. The van der Waals surface area contributed by atoms with Crippen LogP contribution in [0.1, 0.15) is 27.0 Å². The molecule has 0 saturated carbocycles. The maximum Gasteiger partial charge on any atom is 0.153 e. The molecule has 0 radical (unpaired) electrons. The number of halogens is 1. The van der Waals surface area contributed by atoms with Gasteiger partial charge in [-0.3, -0.25) is 4.79 Å². The molecule has 2 aromatic carbocycles. The SMILES string of the molecule is Cc1cc(C)c(-c2ccc(F)c(C=O)c2)cc1C. The van der Waals surface area contributed by atoms with Crippen LogP contribution >= 0.6 is 0 Å². The lowest BCUT2D eigenvalue weighted by Crippen LogP contribution is -1.92. The Morgan fingerprint density at radius 2 is 1.61 bits per heavy atom. The van der Waals surface area contributed by atoms with Crippen LogP contribution in [-0.4, -0.2) is 6.29 Å². The molecule has 0 spiro atoms. The van der Waals surface area contributed by atoms with Gasteiger partial charge in [0.05, 0.1) is 5.56 Å². The van der Waals surface area contributed by atoms with Crippen molar-refractivity contribution in [2.24, 2.45) is 0 Å². The number of rotatable bonds is 2. The standard InChI is InChI=1S/C16H15FO/c1-10-6-12(3)15(7-11(10)2)13-4-5-16(17)14(8-13)9-18/h4-9H,1-3H3. The topological polar surface area (TPSA) is 17.1 Å². The molecule has 0 aliphatic carbocycles. The maximum atomic E-state index is 13.3. The van der Waals surface area contributed by atoms with Crippen LogP contribution in [0.4, 0.5) is 4.39 Å². The van der Waals surface area contributed by atoms with Gasteiger partial charge in [0, 0.05) is 0 Å². The quantitative estimate of drug-likeness (QED) is 0.720. The third kappa shape index (κ3) is 2.19. The van der Waals surface area contributed by atoms with E-state index in [2.05, 4.69) is 19.1 Å². The second-order valence-corrected chi connectivity index (χ2v) is 4.61. The molecule has 1 nitrogen and oxygen atoms in total. The van der Waals surface area contributed by atoms with E-state index in [1.807, 2.05) is 13.8 Å². The van der Waals surface area contributed by atoms with Crippen molar-refractivity contribution in [3.8, 4) is 11.1 Å². The van der Waals surface area contributed by atoms with Gasteiger partial charge < -0.3 is 0 Å². The molecule has 0 aromatic heterocycles. The summed E-state index contributed by atoms with van der Waals surface area (Å²) in [5.41, 5.74) is 5.56. The predicted octanol–water partition coefficient (Wildman–Crippen LogP) is 4.23. The Morgan fingerprint density at radius 1 is 0.944 bits per heavy atom. The number of hydrogen-bond donors (Lipinski definition) is 0. The van der Waals surface area contributed by atoms with E-state index < -0.39 is 5.82 Å². The second kappa shape index (κ2) is 4.73. The van der Waals surface area contributed by atoms with Gasteiger partial charge in [0.1, 0.15) is 5.82 Å². The molecular weight excluding hydrogens is 227 g/mol. The fourth-order valence-electron chi connectivity index (χ4n) is 2.07. The normalized spacial score (nSPS) is 10.4. The summed E-state index contributed by atoms with van der Waals surface area (Å²) in [7, 11) is 0. The molecule has 92 valence electrons. The van der Waals surface area contributed by atoms with Gasteiger partial charge in [-0.2, -0.15) is 0 Å². The Labute approximate surface area is 106 Å². The zero-order chi connectivity index (χ0) is 13.3. The van der Waals surface area contributed by atoms with E-state index in [4.69, 9.17) is 0 Å². The smallest absolute Gasteiger partial charge is 0.153 e. The highest BCUT2D eigenvalue weighted by molar-refractivity contribution is 5.80. The molecule has 0 fully saturated rings. The molecule has 2 rings (SSSR count). The molecular formula is C16H15FO. The van der Waals surface area contributed by atoms with Gasteiger partial charge in [-0.05, 0) is 60.7 Å². The van der Waals surface area contributed by atoms with E-state index in [1.165, 1.54) is 17.2 Å². The first-order valence-corrected chi connectivity index (χ1v) is 5.86. The fraction of sp³-hybridized carbons (Fsp3) is 0.188. The van der Waals surface area contributed by atoms with Crippen molar-refractivity contribution in [3.05, 3.63) is 58.4 Å². The van der Waals surface area contributed by atoms with Crippen LogP contribution in [0.2, 0.25) is 0 Å². The van der Waals surface area contributed by atoms with Crippen LogP contribution in [0.5, 0.6) is 0 Å². The molecule has 0 bridgehead atoms. The van der Waals surface area contributed by atoms with Crippen molar-refractivity contribution < 1.29 is 9.18 Å². The van der Waals surface area contributed by atoms with E-state index in [-0.39, 0.29) is 5.56 Å². The molecule has 0 aliphatic rings. The summed E-state index contributed by atoms with van der Waals surface area (Å²) >= 11 is 0. The largest absolute Gasteiger partial charge is 0.298 e. The molecule has 0 heterocycles. The summed E-state index contributed by atoms with van der Waals surface area (Å²) in [5, 5.41) is 0. The van der Waals surface area contributed by atoms with Gasteiger partial charge in [0.15, 0.2) is 6.29 Å². The molecule has 18 heavy (non-hydrogen) atoms. The Bertz CT molecular complexity index is 615. The maximum absolute atomic E-state index is 13.3. The molecule has 0 amide bonds. The Kier molecular flexibility index (Phi) is 3.28. The molecule has 0 unspecified atom stereocenters. The van der Waals surface area contributed by atoms with E-state index in [0.717, 1.165) is 16.7 Å². The van der Waals surface area contributed by atoms with E-state index in [9.17, 15) is 9.18 Å². The fourth-order valence-corrected chi connectivity index (χ4v) is 2.07. The van der Waals surface area contributed by atoms with Crippen LogP contribution in [-0.2, 0) is 0 Å². The van der Waals surface area contributed by atoms with Crippen molar-refractivity contribution in [1.29, 1.82) is 0 Å². The average molecular weight is 242 g/mol. The highest BCUT2D eigenvalue weighted by Gasteiger charge is 2.08. The monoisotopic (exact) mass is 242 g/mol. The number of aryl methyl sites for hydroxylation is 3. The lowest BCUT2D eigenvalue weighted by Gasteiger charge is -2.10. The van der Waals surface area contributed by atoms with Crippen LogP contribution in [0.3, 0.4) is 0 Å². The summed E-state index contributed by atoms with van der Waals surface area (Å²) in [4.78, 5) is 10.8. The van der Waals surface area contributed by atoms with Crippen molar-refractivity contribution in [2.75, 3.05) is 0 Å². The summed E-state index contributed by atoms with van der Waals surface area (Å²) in [5.74, 6) is -0.477. The van der Waals surface area contributed by atoms with Gasteiger partial charge in [-0.25, -0.2) is 4.39 Å². The van der Waals surface area contributed by atoms with Crippen molar-refractivity contribution >= 4 is 6.29 Å². The van der Waals surface area contributed by atoms with Gasteiger partial charge in [0.2, 0.25) is 0 Å². The molecule has 0 atom stereocenters. The van der Waals surface area contributed by atoms with Crippen molar-refractivity contribution in [2.45, 2.75) is 20.8 Å². The highest BCUT2D eigenvalue weighted by Crippen LogP contribution is 2.27. The van der Waals surface area contributed by atoms with E-state index in [0.29, 0.717) is 6.29 Å². The average Bonchev–Trinajstić information content (AvgIpc) is 2.35. The first kappa shape index (κ1) is 12.5. The second-order valence-electron chi connectivity index (χ2n) is 4.61. The first-order valence-electron chi connectivity index (χ1n) is 5.86.